The van der Waals surface area contributed by atoms with Crippen LogP contribution in [0.15, 0.2) is 44.5 Å². The number of benzene rings is 1. The SMILES string of the molecule is [C-]#[N+]/C(C(=O)OC)=C1/Sc2c(OC(=O)C3CCC(C)CC3)ccc(OC(=O)C3CCC(OC(=O)C4CCC(OCCCCCCOC(=O)C=C)CC4)CC3)c2S1. The maximum atomic E-state index is 13.5. The molecule has 1 aromatic carbocycles. The summed E-state index contributed by atoms with van der Waals surface area (Å²) < 4.78 is 34.0. The zero-order chi connectivity index (χ0) is 40.0. The third kappa shape index (κ3) is 12.1. The smallest absolute Gasteiger partial charge is 0.337 e. The summed E-state index contributed by atoms with van der Waals surface area (Å²) in [5, 5.41) is 0. The van der Waals surface area contributed by atoms with E-state index in [1.807, 2.05) is 0 Å². The molecule has 304 valence electrons. The summed E-state index contributed by atoms with van der Waals surface area (Å²) in [7, 11) is 1.20. The monoisotopic (exact) mass is 811 g/mol. The van der Waals surface area contributed by atoms with Crippen molar-refractivity contribution >= 4 is 53.4 Å². The predicted octanol–water partition coefficient (Wildman–Crippen LogP) is 8.75. The molecule has 0 spiro atoms. The third-order valence-corrected chi connectivity index (χ3v) is 13.6. The van der Waals surface area contributed by atoms with Gasteiger partial charge in [0.25, 0.3) is 5.70 Å². The van der Waals surface area contributed by atoms with Gasteiger partial charge >= 0.3 is 29.8 Å². The van der Waals surface area contributed by atoms with Gasteiger partial charge in [-0.05, 0) is 114 Å². The molecule has 0 N–H and O–H groups in total. The minimum absolute atomic E-state index is 0.147. The minimum atomic E-state index is -0.781. The van der Waals surface area contributed by atoms with Crippen LogP contribution < -0.4 is 9.47 Å². The van der Waals surface area contributed by atoms with Gasteiger partial charge in [-0.1, -0.05) is 43.4 Å². The fourth-order valence-electron chi connectivity index (χ4n) is 7.52. The molecule has 14 heteroatoms. The van der Waals surface area contributed by atoms with Crippen LogP contribution in [0.2, 0.25) is 0 Å². The van der Waals surface area contributed by atoms with Crippen LogP contribution >= 0.6 is 23.5 Å². The lowest BCUT2D eigenvalue weighted by atomic mass is 9.83. The molecule has 0 atom stereocenters. The van der Waals surface area contributed by atoms with Crippen LogP contribution in [0.5, 0.6) is 11.5 Å². The second kappa shape index (κ2) is 21.6. The lowest BCUT2D eigenvalue weighted by molar-refractivity contribution is -0.159. The Hall–Kier alpha value is -3.80. The van der Waals surface area contributed by atoms with E-state index < -0.39 is 23.8 Å². The van der Waals surface area contributed by atoms with Gasteiger partial charge in [0.1, 0.15) is 17.6 Å². The summed E-state index contributed by atoms with van der Waals surface area (Å²) in [6.07, 6.45) is 13.4. The normalized spacial score (nSPS) is 25.4. The second-order valence-electron chi connectivity index (χ2n) is 15.0. The zero-order valence-corrected chi connectivity index (χ0v) is 34.0. The highest BCUT2D eigenvalue weighted by molar-refractivity contribution is 8.24. The molecule has 1 aromatic rings. The molecule has 5 rings (SSSR count). The molecule has 12 nitrogen and oxygen atoms in total. The summed E-state index contributed by atoms with van der Waals surface area (Å²) >= 11 is 2.24. The van der Waals surface area contributed by atoms with Crippen molar-refractivity contribution in [3.63, 3.8) is 0 Å². The number of carbonyl (C=O) groups is 5. The van der Waals surface area contributed by atoms with E-state index in [-0.39, 0.29) is 47.4 Å². The quantitative estimate of drug-likeness (QED) is 0.0392. The second-order valence-corrected chi connectivity index (χ2v) is 17.3. The number of fused-ring (bicyclic) bond motifs is 1. The molecule has 56 heavy (non-hydrogen) atoms. The van der Waals surface area contributed by atoms with Gasteiger partial charge < -0.3 is 28.4 Å². The van der Waals surface area contributed by atoms with Gasteiger partial charge in [0, 0.05) is 12.7 Å². The zero-order valence-electron chi connectivity index (χ0n) is 32.4. The molecule has 3 aliphatic carbocycles. The number of nitrogens with zero attached hydrogens (tertiary/aromatic N) is 1. The topological polar surface area (TPSA) is 145 Å². The number of unbranched alkanes of at least 4 members (excludes halogenated alkanes) is 3. The Bertz CT molecular complexity index is 1660. The number of methoxy groups -OCH3 is 1. The molecule has 0 saturated heterocycles. The number of thioether (sulfide) groups is 2. The molecule has 0 amide bonds. The van der Waals surface area contributed by atoms with Crippen molar-refractivity contribution in [2.75, 3.05) is 20.3 Å². The largest absolute Gasteiger partial charge is 0.474 e. The van der Waals surface area contributed by atoms with Gasteiger partial charge in [0.05, 0.1) is 58.2 Å². The Morgan fingerprint density at radius 1 is 0.732 bits per heavy atom. The highest BCUT2D eigenvalue weighted by Gasteiger charge is 2.36. The van der Waals surface area contributed by atoms with Crippen LogP contribution in [0.3, 0.4) is 0 Å². The van der Waals surface area contributed by atoms with Crippen molar-refractivity contribution in [2.45, 2.75) is 132 Å². The highest BCUT2D eigenvalue weighted by atomic mass is 32.2. The number of rotatable bonds is 16. The molecule has 3 saturated carbocycles. The fraction of sp³-hybridized carbons (Fsp3) is 0.619. The van der Waals surface area contributed by atoms with E-state index in [1.165, 1.54) is 13.2 Å². The molecular formula is C42H53NO11S2. The van der Waals surface area contributed by atoms with E-state index in [2.05, 4.69) is 18.3 Å². The van der Waals surface area contributed by atoms with Crippen LogP contribution in [0.4, 0.5) is 0 Å². The first-order chi connectivity index (χ1) is 27.1. The van der Waals surface area contributed by atoms with E-state index in [0.29, 0.717) is 64.6 Å². The van der Waals surface area contributed by atoms with Crippen molar-refractivity contribution < 1.29 is 52.4 Å². The van der Waals surface area contributed by atoms with E-state index in [1.54, 1.807) is 12.1 Å². The Balaban J connectivity index is 1.07. The van der Waals surface area contributed by atoms with Crippen LogP contribution in [-0.2, 0) is 42.9 Å². The molecule has 3 fully saturated rings. The van der Waals surface area contributed by atoms with Crippen molar-refractivity contribution in [3.8, 4) is 11.5 Å². The summed E-state index contributed by atoms with van der Waals surface area (Å²) in [6.45, 7) is 14.2. The van der Waals surface area contributed by atoms with Crippen molar-refractivity contribution in [1.82, 2.24) is 0 Å². The van der Waals surface area contributed by atoms with Crippen LogP contribution in [0.25, 0.3) is 4.85 Å². The summed E-state index contributed by atoms with van der Waals surface area (Å²) in [4.78, 5) is 67.6. The van der Waals surface area contributed by atoms with Crippen molar-refractivity contribution in [1.29, 1.82) is 0 Å². The summed E-state index contributed by atoms with van der Waals surface area (Å²) in [5.74, 6) is -1.69. The van der Waals surface area contributed by atoms with E-state index >= 15 is 0 Å². The highest BCUT2D eigenvalue weighted by Crippen LogP contribution is 2.59. The Labute approximate surface area is 338 Å². The number of esters is 5. The minimum Gasteiger partial charge on any atom is -0.474 e. The predicted molar refractivity (Wildman–Crippen MR) is 209 cm³/mol. The number of ether oxygens (including phenoxy) is 6. The molecule has 0 unspecified atom stereocenters. The fourth-order valence-corrected chi connectivity index (χ4v) is 10.1. The average Bonchev–Trinajstić information content (AvgIpc) is 3.66. The van der Waals surface area contributed by atoms with Crippen LogP contribution in [0.1, 0.15) is 110 Å². The van der Waals surface area contributed by atoms with E-state index in [0.717, 1.165) is 101 Å². The average molecular weight is 812 g/mol. The molecule has 0 bridgehead atoms. The van der Waals surface area contributed by atoms with Gasteiger partial charge in [0.15, 0.2) is 0 Å². The number of carbonyl (C=O) groups excluding carboxylic acids is 5. The first-order valence-electron chi connectivity index (χ1n) is 19.9. The Morgan fingerprint density at radius 3 is 1.75 bits per heavy atom. The number of hydrogen-bond donors (Lipinski definition) is 0. The van der Waals surface area contributed by atoms with Crippen LogP contribution in [-0.4, -0.2) is 62.4 Å². The summed E-state index contributed by atoms with van der Waals surface area (Å²) in [5.41, 5.74) is -0.200. The molecule has 4 aliphatic rings. The molecular weight excluding hydrogens is 759 g/mol. The molecule has 0 aromatic heterocycles. The van der Waals surface area contributed by atoms with Gasteiger partial charge in [0.2, 0.25) is 0 Å². The van der Waals surface area contributed by atoms with Crippen molar-refractivity contribution in [3.05, 3.63) is 46.1 Å². The Morgan fingerprint density at radius 2 is 1.23 bits per heavy atom. The standard InChI is InChI=1S/C42H53NO11S2/c1-5-34(44)51-25-9-7-6-8-24-50-30-18-14-28(15-19-30)38(45)52-31-20-16-29(17-21-31)40(47)54-33-23-22-32(53-39(46)27-12-10-26(2)11-13-27)36-37(33)56-42(55-36)35(43-3)41(48)49-4/h5,22-23,26-31H,1,6-21,24-25H2,2,4H3/b42-35-. The lowest BCUT2D eigenvalue weighted by Crippen LogP contribution is -2.33. The molecule has 1 aliphatic heterocycles. The van der Waals surface area contributed by atoms with Gasteiger partial charge in [-0.2, -0.15) is 0 Å². The van der Waals surface area contributed by atoms with Gasteiger partial charge in [-0.15, -0.1) is 0 Å². The Kier molecular flexibility index (Phi) is 16.7. The van der Waals surface area contributed by atoms with E-state index in [4.69, 9.17) is 35.0 Å². The molecule has 0 radical (unpaired) electrons. The van der Waals surface area contributed by atoms with E-state index in [9.17, 15) is 24.0 Å². The van der Waals surface area contributed by atoms with Gasteiger partial charge in [-0.3, -0.25) is 19.2 Å². The third-order valence-electron chi connectivity index (χ3n) is 11.0. The van der Waals surface area contributed by atoms with Crippen molar-refractivity contribution in [2.24, 2.45) is 23.7 Å². The van der Waals surface area contributed by atoms with Gasteiger partial charge in [-0.25, -0.2) is 9.64 Å². The first-order valence-corrected chi connectivity index (χ1v) is 21.5. The lowest BCUT2D eigenvalue weighted by Gasteiger charge is -2.31. The first kappa shape index (κ1) is 43.3. The maximum Gasteiger partial charge on any atom is 0.337 e. The molecule has 1 heterocycles. The maximum absolute atomic E-state index is 13.5. The number of hydrogen-bond acceptors (Lipinski definition) is 13. The van der Waals surface area contributed by atoms with Crippen LogP contribution in [0, 0.1) is 30.2 Å². The summed E-state index contributed by atoms with van der Waals surface area (Å²) in [6, 6.07) is 3.19.